The molecule has 2 fully saturated rings. The van der Waals surface area contributed by atoms with E-state index >= 15 is 0 Å². The summed E-state index contributed by atoms with van der Waals surface area (Å²) in [5.41, 5.74) is 0.0923. The topological polar surface area (TPSA) is 20.2 Å². The highest BCUT2D eigenvalue weighted by molar-refractivity contribution is 5.06. The first-order valence-corrected chi connectivity index (χ1v) is 5.20. The molecule has 3 unspecified atom stereocenters. The molecule has 1 heteroatoms. The molecule has 0 spiro atoms. The van der Waals surface area contributed by atoms with E-state index in [1.54, 1.807) is 0 Å². The molecule has 0 radical (unpaired) electrons. The first-order valence-electron chi connectivity index (χ1n) is 5.20. The van der Waals surface area contributed by atoms with Crippen molar-refractivity contribution in [2.45, 2.75) is 46.1 Å². The normalized spacial score (nSPS) is 42.5. The standard InChI is InChI=1S/C11H20O/c1-11(2,3)10(12)9-7-5-4-6-8(7)9/h7-10,12H,4-6H2,1-3H3. The zero-order valence-electron chi connectivity index (χ0n) is 8.38. The lowest BCUT2D eigenvalue weighted by molar-refractivity contribution is 0.0330. The SMILES string of the molecule is CC(C)(C)C(O)C1C2CCCC21. The summed E-state index contributed by atoms with van der Waals surface area (Å²) in [6.45, 7) is 6.43. The van der Waals surface area contributed by atoms with Crippen molar-refractivity contribution in [3.8, 4) is 0 Å². The van der Waals surface area contributed by atoms with Crippen LogP contribution < -0.4 is 0 Å². The summed E-state index contributed by atoms with van der Waals surface area (Å²) in [5, 5.41) is 10.0. The van der Waals surface area contributed by atoms with E-state index in [2.05, 4.69) is 20.8 Å². The van der Waals surface area contributed by atoms with Crippen LogP contribution in [0.5, 0.6) is 0 Å². The lowest BCUT2D eigenvalue weighted by Gasteiger charge is -2.27. The third-order valence-corrected chi connectivity index (χ3v) is 3.72. The van der Waals surface area contributed by atoms with Gasteiger partial charge in [0.05, 0.1) is 6.10 Å². The van der Waals surface area contributed by atoms with Crippen LogP contribution in [0.25, 0.3) is 0 Å². The molecule has 1 N–H and O–H groups in total. The summed E-state index contributed by atoms with van der Waals surface area (Å²) in [7, 11) is 0. The third-order valence-electron chi connectivity index (χ3n) is 3.72. The Morgan fingerprint density at radius 3 is 2.08 bits per heavy atom. The fourth-order valence-corrected chi connectivity index (χ4v) is 2.92. The van der Waals surface area contributed by atoms with Gasteiger partial charge in [0.15, 0.2) is 0 Å². The summed E-state index contributed by atoms with van der Waals surface area (Å²) in [4.78, 5) is 0. The van der Waals surface area contributed by atoms with E-state index in [1.807, 2.05) is 0 Å². The smallest absolute Gasteiger partial charge is 0.0622 e. The molecule has 0 aromatic rings. The lowest BCUT2D eigenvalue weighted by atomic mass is 9.84. The van der Waals surface area contributed by atoms with E-state index in [0.29, 0.717) is 5.92 Å². The molecule has 70 valence electrons. The van der Waals surface area contributed by atoms with Gasteiger partial charge in [-0.05, 0) is 36.0 Å². The summed E-state index contributed by atoms with van der Waals surface area (Å²) in [5.74, 6) is 2.43. The molecule has 0 bridgehead atoms. The second-order valence-corrected chi connectivity index (χ2v) is 5.65. The van der Waals surface area contributed by atoms with Gasteiger partial charge in [0, 0.05) is 0 Å². The van der Waals surface area contributed by atoms with Gasteiger partial charge in [-0.3, -0.25) is 0 Å². The maximum absolute atomic E-state index is 10.0. The summed E-state index contributed by atoms with van der Waals surface area (Å²) in [6, 6.07) is 0. The van der Waals surface area contributed by atoms with Crippen molar-refractivity contribution in [1.29, 1.82) is 0 Å². The van der Waals surface area contributed by atoms with Crippen molar-refractivity contribution in [1.82, 2.24) is 0 Å². The molecule has 2 saturated carbocycles. The van der Waals surface area contributed by atoms with Crippen LogP contribution in [-0.2, 0) is 0 Å². The van der Waals surface area contributed by atoms with Gasteiger partial charge < -0.3 is 5.11 Å². The number of rotatable bonds is 1. The molecular formula is C11H20O. The Kier molecular flexibility index (Phi) is 1.76. The molecule has 12 heavy (non-hydrogen) atoms. The van der Waals surface area contributed by atoms with Gasteiger partial charge in [-0.15, -0.1) is 0 Å². The Hall–Kier alpha value is -0.0400. The minimum absolute atomic E-state index is 0.0622. The number of aliphatic hydroxyl groups excluding tert-OH is 1. The van der Waals surface area contributed by atoms with E-state index in [0.717, 1.165) is 11.8 Å². The van der Waals surface area contributed by atoms with Crippen molar-refractivity contribution in [2.75, 3.05) is 0 Å². The van der Waals surface area contributed by atoms with Crippen molar-refractivity contribution in [3.05, 3.63) is 0 Å². The zero-order valence-corrected chi connectivity index (χ0v) is 8.38. The fourth-order valence-electron chi connectivity index (χ4n) is 2.92. The molecule has 2 aliphatic carbocycles. The highest BCUT2D eigenvalue weighted by Crippen LogP contribution is 2.60. The van der Waals surface area contributed by atoms with E-state index < -0.39 is 0 Å². The summed E-state index contributed by atoms with van der Waals surface area (Å²) < 4.78 is 0. The zero-order chi connectivity index (χ0) is 8.93. The monoisotopic (exact) mass is 168 g/mol. The Labute approximate surface area is 75.2 Å². The van der Waals surface area contributed by atoms with Gasteiger partial charge in [-0.1, -0.05) is 27.2 Å². The first kappa shape index (κ1) is 8.55. The van der Waals surface area contributed by atoms with Gasteiger partial charge in [0.1, 0.15) is 0 Å². The molecule has 0 aromatic heterocycles. The van der Waals surface area contributed by atoms with E-state index in [-0.39, 0.29) is 11.5 Å². The highest BCUT2D eigenvalue weighted by atomic mass is 16.3. The largest absolute Gasteiger partial charge is 0.392 e. The second kappa shape index (κ2) is 2.47. The number of fused-ring (bicyclic) bond motifs is 1. The molecule has 0 aromatic carbocycles. The Morgan fingerprint density at radius 1 is 1.17 bits per heavy atom. The first-order chi connectivity index (χ1) is 5.52. The van der Waals surface area contributed by atoms with Crippen LogP contribution in [0.4, 0.5) is 0 Å². The second-order valence-electron chi connectivity index (χ2n) is 5.65. The predicted molar refractivity (Wildman–Crippen MR) is 49.8 cm³/mol. The van der Waals surface area contributed by atoms with Gasteiger partial charge in [0.25, 0.3) is 0 Å². The van der Waals surface area contributed by atoms with Crippen molar-refractivity contribution in [2.24, 2.45) is 23.2 Å². The fraction of sp³-hybridized carbons (Fsp3) is 1.00. The molecule has 0 amide bonds. The van der Waals surface area contributed by atoms with Gasteiger partial charge in [0.2, 0.25) is 0 Å². The Balaban J connectivity index is 1.96. The minimum atomic E-state index is -0.0622. The minimum Gasteiger partial charge on any atom is -0.392 e. The lowest BCUT2D eigenvalue weighted by Crippen LogP contribution is -2.29. The van der Waals surface area contributed by atoms with Crippen LogP contribution in [0.1, 0.15) is 40.0 Å². The van der Waals surface area contributed by atoms with Crippen molar-refractivity contribution in [3.63, 3.8) is 0 Å². The number of hydrogen-bond acceptors (Lipinski definition) is 1. The molecule has 0 saturated heterocycles. The molecule has 1 nitrogen and oxygen atoms in total. The maximum atomic E-state index is 10.0. The van der Waals surface area contributed by atoms with Crippen LogP contribution in [0.2, 0.25) is 0 Å². The molecule has 3 atom stereocenters. The van der Waals surface area contributed by atoms with E-state index in [4.69, 9.17) is 0 Å². The van der Waals surface area contributed by atoms with Gasteiger partial charge in [-0.25, -0.2) is 0 Å². The third kappa shape index (κ3) is 1.19. The van der Waals surface area contributed by atoms with Gasteiger partial charge >= 0.3 is 0 Å². The van der Waals surface area contributed by atoms with Crippen LogP contribution in [0.15, 0.2) is 0 Å². The number of aliphatic hydroxyl groups is 1. The molecule has 0 heterocycles. The summed E-state index contributed by atoms with van der Waals surface area (Å²) >= 11 is 0. The molecule has 0 aliphatic heterocycles. The van der Waals surface area contributed by atoms with Crippen LogP contribution >= 0.6 is 0 Å². The highest BCUT2D eigenvalue weighted by Gasteiger charge is 2.57. The Bertz CT molecular complexity index is 170. The molecule has 2 aliphatic rings. The van der Waals surface area contributed by atoms with E-state index in [1.165, 1.54) is 19.3 Å². The van der Waals surface area contributed by atoms with Crippen LogP contribution in [-0.4, -0.2) is 11.2 Å². The van der Waals surface area contributed by atoms with Crippen LogP contribution in [0, 0.1) is 23.2 Å². The van der Waals surface area contributed by atoms with Gasteiger partial charge in [-0.2, -0.15) is 0 Å². The average molecular weight is 168 g/mol. The quantitative estimate of drug-likeness (QED) is 0.637. The predicted octanol–water partition coefficient (Wildman–Crippen LogP) is 2.44. The van der Waals surface area contributed by atoms with Crippen molar-refractivity contribution >= 4 is 0 Å². The average Bonchev–Trinajstić information content (AvgIpc) is 2.39. The van der Waals surface area contributed by atoms with Crippen molar-refractivity contribution < 1.29 is 5.11 Å². The van der Waals surface area contributed by atoms with E-state index in [9.17, 15) is 5.11 Å². The van der Waals surface area contributed by atoms with Crippen LogP contribution in [0.3, 0.4) is 0 Å². The molecule has 2 rings (SSSR count). The number of hydrogen-bond donors (Lipinski definition) is 1. The summed E-state index contributed by atoms with van der Waals surface area (Å²) in [6.07, 6.45) is 4.10. The maximum Gasteiger partial charge on any atom is 0.0622 e. The Morgan fingerprint density at radius 2 is 1.67 bits per heavy atom. The molecular weight excluding hydrogens is 148 g/mol.